The predicted molar refractivity (Wildman–Crippen MR) is 144 cm³/mol. The van der Waals surface area contributed by atoms with E-state index in [0.29, 0.717) is 0 Å². The van der Waals surface area contributed by atoms with E-state index in [2.05, 4.69) is 55.4 Å². The molecule has 0 amide bonds. The number of hydrogen-bond donors (Lipinski definition) is 0. The number of aromatic nitrogens is 2. The first kappa shape index (κ1) is 30.0. The summed E-state index contributed by atoms with van der Waals surface area (Å²) in [5, 5.41) is 0. The lowest BCUT2D eigenvalue weighted by Gasteiger charge is -2.51. The molecule has 2 fully saturated rings. The Hall–Kier alpha value is -1.58. The second-order valence-electron chi connectivity index (χ2n) is 11.6. The summed E-state index contributed by atoms with van der Waals surface area (Å²) < 4.78 is 35.7. The summed E-state index contributed by atoms with van der Waals surface area (Å²) in [5.74, 6) is -0.511. The zero-order valence-corrected chi connectivity index (χ0v) is 26.1. The summed E-state index contributed by atoms with van der Waals surface area (Å²) >= 11 is 0. The van der Waals surface area contributed by atoms with Crippen LogP contribution in [-0.2, 0) is 41.3 Å². The number of rotatable bonds is 6. The topological polar surface area (TPSA) is 107 Å². The molecule has 0 saturated carbocycles. The molecule has 0 unspecified atom stereocenters. The number of nitrogens with zero attached hydrogens (tertiary/aromatic N) is 2. The number of esters is 1. The normalized spacial score (nSPS) is 27.4. The summed E-state index contributed by atoms with van der Waals surface area (Å²) in [5.41, 5.74) is -0.261. The maximum Gasteiger partial charge on any atom is 0.335 e. The molecule has 12 heteroatoms. The van der Waals surface area contributed by atoms with Crippen molar-refractivity contribution in [3.8, 4) is 0 Å². The number of carbonyl (C=O) groups excluding carboxylic acids is 1. The van der Waals surface area contributed by atoms with Crippen LogP contribution in [0.5, 0.6) is 0 Å². The van der Waals surface area contributed by atoms with E-state index < -0.39 is 58.8 Å². The fourth-order valence-electron chi connectivity index (χ4n) is 5.74. The fourth-order valence-corrected chi connectivity index (χ4v) is 17.0. The maximum absolute atomic E-state index is 13.2. The molecular weight excluding hydrogens is 512 g/mol. The van der Waals surface area contributed by atoms with Crippen molar-refractivity contribution >= 4 is 23.1 Å². The van der Waals surface area contributed by atoms with Gasteiger partial charge in [-0.15, -0.1) is 0 Å². The summed E-state index contributed by atoms with van der Waals surface area (Å²) in [4.78, 5) is 37.8. The van der Waals surface area contributed by atoms with Gasteiger partial charge in [-0.05, 0) is 22.2 Å². The maximum atomic E-state index is 13.2. The highest BCUT2D eigenvalue weighted by Gasteiger charge is 2.62. The molecule has 0 aliphatic carbocycles. The van der Waals surface area contributed by atoms with Crippen LogP contribution in [0.1, 0.15) is 74.0 Å². The van der Waals surface area contributed by atoms with E-state index in [0.717, 1.165) is 4.57 Å². The lowest BCUT2D eigenvalue weighted by Crippen LogP contribution is -2.66. The Morgan fingerprint density at radius 2 is 1.51 bits per heavy atom. The SMILES string of the molecule is CC(=O)O[C@@H]1[C@@H]2O[Si](C(C)C)(C(C)C)O[Si](C(C)C)(C(C)C)OC[C@H]2O[C@H]1c1cn(C)c(=O)n(C)c1=O. The minimum absolute atomic E-state index is 0.0710. The highest BCUT2D eigenvalue weighted by molar-refractivity contribution is 6.84. The van der Waals surface area contributed by atoms with Crippen molar-refractivity contribution in [2.45, 2.75) is 109 Å². The largest absolute Gasteiger partial charge is 0.457 e. The molecule has 0 aromatic carbocycles. The van der Waals surface area contributed by atoms with Gasteiger partial charge in [-0.25, -0.2) is 4.79 Å². The van der Waals surface area contributed by atoms with Crippen LogP contribution < -0.4 is 11.2 Å². The fraction of sp³-hybridized carbons (Fsp3) is 0.800. The van der Waals surface area contributed by atoms with Crippen LogP contribution in [0.3, 0.4) is 0 Å². The second-order valence-corrected chi connectivity index (χ2v) is 20.4. The van der Waals surface area contributed by atoms with Gasteiger partial charge in [0.15, 0.2) is 6.10 Å². The van der Waals surface area contributed by atoms with E-state index in [-0.39, 0.29) is 34.3 Å². The van der Waals surface area contributed by atoms with Crippen LogP contribution >= 0.6 is 0 Å². The van der Waals surface area contributed by atoms with E-state index in [9.17, 15) is 14.4 Å². The number of ether oxygens (including phenoxy) is 2. The third kappa shape index (κ3) is 5.20. The van der Waals surface area contributed by atoms with E-state index in [1.807, 2.05) is 0 Å². The van der Waals surface area contributed by atoms with Gasteiger partial charge < -0.3 is 27.0 Å². The minimum atomic E-state index is -3.01. The van der Waals surface area contributed by atoms with Crippen molar-refractivity contribution in [3.05, 3.63) is 32.6 Å². The van der Waals surface area contributed by atoms with E-state index in [1.165, 1.54) is 24.7 Å². The zero-order valence-electron chi connectivity index (χ0n) is 24.1. The molecule has 4 atom stereocenters. The third-order valence-corrected chi connectivity index (χ3v) is 18.0. The standard InChI is InChI=1S/C25H44N2O8Si2/c1-14(2)36(15(3)4)31-13-20-22(34-37(35-36,16(5)6)17(7)8)23(32-18(9)28)21(33-20)19-12-26(10)25(30)27(11)24(19)29/h12,14-17,20-23H,13H2,1-11H3/t20-,21+,22-,23+/m1/s1. The van der Waals surface area contributed by atoms with Gasteiger partial charge in [0.05, 0.1) is 12.2 Å². The van der Waals surface area contributed by atoms with Crippen molar-refractivity contribution in [1.29, 1.82) is 0 Å². The summed E-state index contributed by atoms with van der Waals surface area (Å²) in [6.45, 7) is 18.5. The summed E-state index contributed by atoms with van der Waals surface area (Å²) in [6, 6.07) is 0. The first-order chi connectivity index (χ1) is 17.1. The molecule has 0 spiro atoms. The molecule has 0 radical (unpaired) electrons. The number of hydrogen-bond acceptors (Lipinski definition) is 8. The van der Waals surface area contributed by atoms with E-state index >= 15 is 0 Å². The van der Waals surface area contributed by atoms with Gasteiger partial charge in [-0.3, -0.25) is 14.2 Å². The van der Waals surface area contributed by atoms with Crippen molar-refractivity contribution in [2.75, 3.05) is 6.61 Å². The molecule has 3 heterocycles. The molecule has 3 rings (SSSR count). The number of carbonyl (C=O) groups is 1. The lowest BCUT2D eigenvalue weighted by molar-refractivity contribution is -0.153. The molecule has 210 valence electrons. The zero-order chi connectivity index (χ0) is 28.0. The summed E-state index contributed by atoms with van der Waals surface area (Å²) in [6.07, 6.45) is -1.66. The van der Waals surface area contributed by atoms with E-state index in [1.54, 1.807) is 7.05 Å². The first-order valence-electron chi connectivity index (χ1n) is 13.2. The highest BCUT2D eigenvalue weighted by atomic mass is 28.5. The predicted octanol–water partition coefficient (Wildman–Crippen LogP) is 3.41. The van der Waals surface area contributed by atoms with Crippen molar-refractivity contribution in [3.63, 3.8) is 0 Å². The van der Waals surface area contributed by atoms with Gasteiger partial charge in [0.2, 0.25) is 0 Å². The van der Waals surface area contributed by atoms with Crippen LogP contribution in [0.2, 0.25) is 22.2 Å². The number of aryl methyl sites for hydroxylation is 1. The molecule has 1 aromatic rings. The average Bonchev–Trinajstić information content (AvgIpc) is 3.09. The minimum Gasteiger partial charge on any atom is -0.457 e. The molecule has 0 N–H and O–H groups in total. The first-order valence-corrected chi connectivity index (χ1v) is 17.1. The van der Waals surface area contributed by atoms with Crippen LogP contribution in [-0.4, -0.2) is 57.1 Å². The Balaban J connectivity index is 2.21. The third-order valence-electron chi connectivity index (χ3n) is 7.72. The monoisotopic (exact) mass is 556 g/mol. The molecule has 2 aliphatic heterocycles. The Morgan fingerprint density at radius 3 is 2.00 bits per heavy atom. The lowest BCUT2D eigenvalue weighted by atomic mass is 10.0. The molecule has 1 aromatic heterocycles. The molecule has 2 aliphatic rings. The molecule has 37 heavy (non-hydrogen) atoms. The average molecular weight is 557 g/mol. The summed E-state index contributed by atoms with van der Waals surface area (Å²) in [7, 11) is -2.82. The van der Waals surface area contributed by atoms with Crippen molar-refractivity contribution in [1.82, 2.24) is 9.13 Å². The number of fused-ring (bicyclic) bond motifs is 1. The molecule has 0 bridgehead atoms. The van der Waals surface area contributed by atoms with Gasteiger partial charge in [0, 0.05) is 27.2 Å². The molecular formula is C25H44N2O8Si2. The smallest absolute Gasteiger partial charge is 0.335 e. The van der Waals surface area contributed by atoms with Gasteiger partial charge in [0.25, 0.3) is 5.56 Å². The van der Waals surface area contributed by atoms with Gasteiger partial charge in [-0.2, -0.15) is 0 Å². The Morgan fingerprint density at radius 1 is 0.973 bits per heavy atom. The van der Waals surface area contributed by atoms with E-state index in [4.69, 9.17) is 22.4 Å². The second kappa shape index (κ2) is 10.9. The quantitative estimate of drug-likeness (QED) is 0.388. The van der Waals surface area contributed by atoms with Crippen LogP contribution in [0.4, 0.5) is 0 Å². The van der Waals surface area contributed by atoms with Crippen molar-refractivity contribution in [2.24, 2.45) is 14.1 Å². The van der Waals surface area contributed by atoms with Crippen molar-refractivity contribution < 1.29 is 27.2 Å². The van der Waals surface area contributed by atoms with Crippen LogP contribution in [0.15, 0.2) is 15.8 Å². The van der Waals surface area contributed by atoms with Gasteiger partial charge >= 0.3 is 28.8 Å². The van der Waals surface area contributed by atoms with Gasteiger partial charge in [0.1, 0.15) is 18.3 Å². The molecule has 10 nitrogen and oxygen atoms in total. The Kier molecular flexibility index (Phi) is 8.82. The Labute approximate surface area is 221 Å². The Bertz CT molecular complexity index is 1100. The highest BCUT2D eigenvalue weighted by Crippen LogP contribution is 2.49. The molecule has 2 saturated heterocycles. The van der Waals surface area contributed by atoms with Gasteiger partial charge in [-0.1, -0.05) is 55.4 Å². The van der Waals surface area contributed by atoms with Crippen LogP contribution in [0, 0.1) is 0 Å². The van der Waals surface area contributed by atoms with Crippen LogP contribution in [0.25, 0.3) is 0 Å².